The predicted molar refractivity (Wildman–Crippen MR) is 111 cm³/mol. The van der Waals surface area contributed by atoms with Crippen LogP contribution in [0.25, 0.3) is 10.9 Å². The standard InChI is InChI=1S/C20H20N6O2/c1-11(25-26-20(21)22)14-5-8-17-15(9-14)10-18(24-17)19(28)23-16-6-3-13(4-7-16)12(2)27/h3-10,24H,1-2H3,(H,23,28)(H4,21,22,26)/b25-11+. The second-order valence-corrected chi connectivity index (χ2v) is 6.28. The Hall–Kier alpha value is -3.94. The second kappa shape index (κ2) is 7.75. The Morgan fingerprint density at radius 1 is 0.929 bits per heavy atom. The van der Waals surface area contributed by atoms with Crippen LogP contribution in [-0.4, -0.2) is 28.3 Å². The molecule has 0 saturated heterocycles. The molecule has 0 radical (unpaired) electrons. The predicted octanol–water partition coefficient (Wildman–Crippen LogP) is 2.62. The Morgan fingerprint density at radius 2 is 1.61 bits per heavy atom. The molecule has 0 unspecified atom stereocenters. The zero-order chi connectivity index (χ0) is 20.3. The summed E-state index contributed by atoms with van der Waals surface area (Å²) in [7, 11) is 0. The van der Waals surface area contributed by atoms with Gasteiger partial charge >= 0.3 is 0 Å². The number of carbonyl (C=O) groups excluding carboxylic acids is 2. The summed E-state index contributed by atoms with van der Waals surface area (Å²) in [5, 5.41) is 11.3. The van der Waals surface area contributed by atoms with Crippen molar-refractivity contribution in [3.63, 3.8) is 0 Å². The molecule has 3 rings (SSSR count). The lowest BCUT2D eigenvalue weighted by Gasteiger charge is -2.04. The van der Waals surface area contributed by atoms with E-state index in [0.717, 1.165) is 16.5 Å². The molecule has 3 aromatic rings. The van der Waals surface area contributed by atoms with Crippen LogP contribution in [0.3, 0.4) is 0 Å². The Balaban J connectivity index is 1.81. The number of nitrogens with one attached hydrogen (secondary N) is 2. The summed E-state index contributed by atoms with van der Waals surface area (Å²) in [6, 6.07) is 14.1. The molecule has 1 amide bonds. The largest absolute Gasteiger partial charge is 0.369 e. The molecular formula is C20H20N6O2. The molecule has 0 aliphatic carbocycles. The van der Waals surface area contributed by atoms with Crippen LogP contribution in [0.2, 0.25) is 0 Å². The van der Waals surface area contributed by atoms with Crippen LogP contribution in [0.15, 0.2) is 58.7 Å². The maximum atomic E-state index is 12.5. The topological polar surface area (TPSA) is 139 Å². The van der Waals surface area contributed by atoms with Gasteiger partial charge in [0.1, 0.15) is 5.69 Å². The fraction of sp³-hybridized carbons (Fsp3) is 0.100. The van der Waals surface area contributed by atoms with Gasteiger partial charge in [0.05, 0.1) is 5.71 Å². The van der Waals surface area contributed by atoms with Gasteiger partial charge in [0.25, 0.3) is 5.91 Å². The van der Waals surface area contributed by atoms with Gasteiger partial charge in [0.2, 0.25) is 5.96 Å². The number of rotatable bonds is 5. The molecule has 1 heterocycles. The number of hydrogen-bond donors (Lipinski definition) is 4. The Bertz CT molecular complexity index is 1110. The highest BCUT2D eigenvalue weighted by atomic mass is 16.2. The third-order valence-corrected chi connectivity index (χ3v) is 4.15. The van der Waals surface area contributed by atoms with Gasteiger partial charge in [-0.3, -0.25) is 9.59 Å². The molecule has 28 heavy (non-hydrogen) atoms. The van der Waals surface area contributed by atoms with Crippen LogP contribution in [0.5, 0.6) is 0 Å². The normalized spacial score (nSPS) is 11.3. The third-order valence-electron chi connectivity index (χ3n) is 4.15. The minimum absolute atomic E-state index is 0.0250. The number of amides is 1. The lowest BCUT2D eigenvalue weighted by molar-refractivity contribution is 0.101. The highest BCUT2D eigenvalue weighted by Crippen LogP contribution is 2.19. The number of aromatic nitrogens is 1. The van der Waals surface area contributed by atoms with Crippen molar-refractivity contribution in [1.29, 1.82) is 0 Å². The Morgan fingerprint density at radius 3 is 2.25 bits per heavy atom. The second-order valence-electron chi connectivity index (χ2n) is 6.28. The summed E-state index contributed by atoms with van der Waals surface area (Å²) in [4.78, 5) is 26.9. The average molecular weight is 376 g/mol. The minimum atomic E-state index is -0.279. The van der Waals surface area contributed by atoms with Crippen LogP contribution in [0.4, 0.5) is 5.69 Å². The van der Waals surface area contributed by atoms with Crippen molar-refractivity contribution in [2.45, 2.75) is 13.8 Å². The number of nitrogens with zero attached hydrogens (tertiary/aromatic N) is 2. The van der Waals surface area contributed by atoms with E-state index in [0.29, 0.717) is 22.7 Å². The Labute approximate surface area is 161 Å². The van der Waals surface area contributed by atoms with Crippen LogP contribution in [0, 0.1) is 0 Å². The van der Waals surface area contributed by atoms with Crippen molar-refractivity contribution < 1.29 is 9.59 Å². The molecule has 1 aromatic heterocycles. The summed E-state index contributed by atoms with van der Waals surface area (Å²) in [5.74, 6) is -0.417. The molecule has 0 spiro atoms. The third kappa shape index (κ3) is 4.24. The molecule has 0 aliphatic heterocycles. The summed E-state index contributed by atoms with van der Waals surface area (Å²) < 4.78 is 0. The molecule has 2 aromatic carbocycles. The first-order valence-corrected chi connectivity index (χ1v) is 8.52. The number of aromatic amines is 1. The molecule has 8 nitrogen and oxygen atoms in total. The number of fused-ring (bicyclic) bond motifs is 1. The maximum absolute atomic E-state index is 12.5. The van der Waals surface area contributed by atoms with Gasteiger partial charge in [-0.1, -0.05) is 6.07 Å². The van der Waals surface area contributed by atoms with E-state index in [2.05, 4.69) is 20.5 Å². The van der Waals surface area contributed by atoms with Gasteiger partial charge in [-0.15, -0.1) is 5.10 Å². The lowest BCUT2D eigenvalue weighted by Crippen LogP contribution is -2.22. The maximum Gasteiger partial charge on any atom is 0.272 e. The number of Topliss-reactive ketones (excluding diaryl/α,β-unsaturated/α-hetero) is 1. The number of guanidine groups is 1. The number of H-pyrrole nitrogens is 1. The van der Waals surface area contributed by atoms with E-state index in [1.54, 1.807) is 37.3 Å². The van der Waals surface area contributed by atoms with Gasteiger partial charge in [-0.05, 0) is 61.9 Å². The van der Waals surface area contributed by atoms with Gasteiger partial charge in [-0.25, -0.2) is 0 Å². The molecule has 0 atom stereocenters. The first kappa shape index (κ1) is 18.8. The van der Waals surface area contributed by atoms with Gasteiger partial charge in [-0.2, -0.15) is 5.10 Å². The van der Waals surface area contributed by atoms with E-state index >= 15 is 0 Å². The number of anilines is 1. The molecule has 6 N–H and O–H groups in total. The van der Waals surface area contributed by atoms with Crippen LogP contribution in [0.1, 0.15) is 40.3 Å². The van der Waals surface area contributed by atoms with E-state index in [1.807, 2.05) is 18.2 Å². The smallest absolute Gasteiger partial charge is 0.272 e. The monoisotopic (exact) mass is 376 g/mol. The van der Waals surface area contributed by atoms with E-state index in [4.69, 9.17) is 11.5 Å². The quantitative estimate of drug-likeness (QED) is 0.235. The van der Waals surface area contributed by atoms with Crippen LogP contribution in [-0.2, 0) is 0 Å². The zero-order valence-corrected chi connectivity index (χ0v) is 15.5. The number of nitrogens with two attached hydrogens (primary N) is 2. The highest BCUT2D eigenvalue weighted by Gasteiger charge is 2.11. The Kier molecular flexibility index (Phi) is 5.21. The first-order chi connectivity index (χ1) is 13.3. The van der Waals surface area contributed by atoms with E-state index in [1.165, 1.54) is 6.92 Å². The summed E-state index contributed by atoms with van der Waals surface area (Å²) in [6.45, 7) is 3.29. The summed E-state index contributed by atoms with van der Waals surface area (Å²) >= 11 is 0. The zero-order valence-electron chi connectivity index (χ0n) is 15.5. The van der Waals surface area contributed by atoms with Crippen molar-refractivity contribution in [1.82, 2.24) is 4.98 Å². The van der Waals surface area contributed by atoms with Crippen molar-refractivity contribution in [3.05, 3.63) is 65.4 Å². The van der Waals surface area contributed by atoms with Crippen LogP contribution < -0.4 is 16.8 Å². The molecule has 0 bridgehead atoms. The minimum Gasteiger partial charge on any atom is -0.369 e. The van der Waals surface area contributed by atoms with Crippen molar-refractivity contribution in [2.24, 2.45) is 21.7 Å². The first-order valence-electron chi connectivity index (χ1n) is 8.52. The van der Waals surface area contributed by atoms with Gasteiger partial charge in [0.15, 0.2) is 5.78 Å². The number of benzene rings is 2. The van der Waals surface area contributed by atoms with Crippen molar-refractivity contribution >= 4 is 40.0 Å². The molecule has 0 aliphatic rings. The molecule has 0 saturated carbocycles. The number of carbonyl (C=O) groups is 2. The van der Waals surface area contributed by atoms with Crippen LogP contribution >= 0.6 is 0 Å². The molecule has 8 heteroatoms. The molecular weight excluding hydrogens is 356 g/mol. The lowest BCUT2D eigenvalue weighted by atomic mass is 10.1. The molecule has 0 fully saturated rings. The van der Waals surface area contributed by atoms with E-state index in [-0.39, 0.29) is 17.6 Å². The fourth-order valence-electron chi connectivity index (χ4n) is 2.66. The average Bonchev–Trinajstić information content (AvgIpc) is 3.10. The number of ketones is 1. The summed E-state index contributed by atoms with van der Waals surface area (Å²) in [5.41, 5.74) is 14.5. The SMILES string of the molecule is CC(=O)c1ccc(NC(=O)c2cc3cc(/C(C)=N/N=C(N)N)ccc3[nH]2)cc1. The van der Waals surface area contributed by atoms with E-state index < -0.39 is 0 Å². The van der Waals surface area contributed by atoms with Crippen molar-refractivity contribution in [2.75, 3.05) is 5.32 Å². The summed E-state index contributed by atoms with van der Waals surface area (Å²) in [6.07, 6.45) is 0. The fourth-order valence-corrected chi connectivity index (χ4v) is 2.66. The number of hydrogen-bond acceptors (Lipinski definition) is 4. The van der Waals surface area contributed by atoms with E-state index in [9.17, 15) is 9.59 Å². The van der Waals surface area contributed by atoms with Crippen molar-refractivity contribution in [3.8, 4) is 0 Å². The molecule has 142 valence electrons. The van der Waals surface area contributed by atoms with Gasteiger partial charge < -0.3 is 21.8 Å². The van der Waals surface area contributed by atoms with Gasteiger partial charge in [0, 0.05) is 22.2 Å². The highest BCUT2D eigenvalue weighted by molar-refractivity contribution is 6.07.